The van der Waals surface area contributed by atoms with E-state index in [1.807, 2.05) is 0 Å². The van der Waals surface area contributed by atoms with Crippen LogP contribution in [0.3, 0.4) is 0 Å². The average molecular weight is 340 g/mol. The van der Waals surface area contributed by atoms with Crippen LogP contribution in [0.15, 0.2) is 29.2 Å². The summed E-state index contributed by atoms with van der Waals surface area (Å²) in [5.41, 5.74) is 1.33. The normalized spacial score (nSPS) is 23.4. The molecule has 1 fully saturated rings. The number of halogens is 1. The van der Waals surface area contributed by atoms with E-state index >= 15 is 0 Å². The maximum absolute atomic E-state index is 12.6. The van der Waals surface area contributed by atoms with Crippen LogP contribution in [0, 0.1) is 5.92 Å². The third-order valence-electron chi connectivity index (χ3n) is 4.07. The fourth-order valence-corrected chi connectivity index (χ4v) is 4.76. The Kier molecular flexibility index (Phi) is 4.18. The van der Waals surface area contributed by atoms with Crippen LogP contribution in [0.2, 0.25) is 0 Å². The highest BCUT2D eigenvalue weighted by atomic mass is 79.9. The lowest BCUT2D eigenvalue weighted by molar-refractivity contribution is -0.131. The van der Waals surface area contributed by atoms with Gasteiger partial charge < -0.3 is 4.90 Å². The zero-order valence-electron chi connectivity index (χ0n) is 10.8. The van der Waals surface area contributed by atoms with E-state index in [1.165, 1.54) is 10.5 Å². The molecule has 102 valence electrons. The summed E-state index contributed by atoms with van der Waals surface area (Å²) in [5.74, 6) is 1.09. The van der Waals surface area contributed by atoms with Gasteiger partial charge in [-0.3, -0.25) is 4.79 Å². The summed E-state index contributed by atoms with van der Waals surface area (Å²) < 4.78 is 0. The maximum atomic E-state index is 12.6. The predicted octanol–water partition coefficient (Wildman–Crippen LogP) is 3.34. The Bertz CT molecular complexity index is 446. The molecule has 1 saturated heterocycles. The van der Waals surface area contributed by atoms with Gasteiger partial charge in [-0.25, -0.2) is 0 Å². The predicted molar refractivity (Wildman–Crippen MR) is 82.9 cm³/mol. The molecule has 1 atom stereocenters. The van der Waals surface area contributed by atoms with Crippen molar-refractivity contribution in [1.29, 1.82) is 0 Å². The molecular formula is C15H18BrNOS. The zero-order chi connectivity index (χ0) is 13.2. The molecule has 1 aromatic rings. The van der Waals surface area contributed by atoms with E-state index in [0.29, 0.717) is 5.91 Å². The number of benzene rings is 1. The quantitative estimate of drug-likeness (QED) is 0.770. The van der Waals surface area contributed by atoms with Gasteiger partial charge in [-0.05, 0) is 36.8 Å². The Balaban J connectivity index is 1.61. The molecular weight excluding hydrogens is 322 g/mol. The maximum Gasteiger partial charge on any atom is 0.236 e. The molecule has 19 heavy (non-hydrogen) atoms. The molecule has 4 heteroatoms. The average Bonchev–Trinajstić information content (AvgIpc) is 2.90. The largest absolute Gasteiger partial charge is 0.342 e. The highest BCUT2D eigenvalue weighted by Crippen LogP contribution is 2.38. The van der Waals surface area contributed by atoms with Crippen LogP contribution in [-0.2, 0) is 11.2 Å². The first-order valence-electron chi connectivity index (χ1n) is 6.87. The summed E-state index contributed by atoms with van der Waals surface area (Å²) in [4.78, 5) is 15.9. The third-order valence-corrected chi connectivity index (χ3v) is 6.29. The first-order valence-corrected chi connectivity index (χ1v) is 8.87. The molecule has 3 rings (SSSR count). The second kappa shape index (κ2) is 5.88. The molecule has 2 aliphatic rings. The van der Waals surface area contributed by atoms with Crippen molar-refractivity contribution in [2.45, 2.75) is 29.4 Å². The van der Waals surface area contributed by atoms with Crippen LogP contribution in [-0.4, -0.2) is 34.5 Å². The standard InChI is InChI=1S/C15H18BrNOS/c16-10-11-5-7-17(8-6-11)15(18)14-9-12-3-1-2-4-13(12)19-14/h1-4,11,14H,5-10H2. The number of likely N-dealkylation sites (tertiary alicyclic amines) is 1. The number of carbonyl (C=O) groups excluding carboxylic acids is 1. The van der Waals surface area contributed by atoms with E-state index in [2.05, 4.69) is 45.1 Å². The zero-order valence-corrected chi connectivity index (χ0v) is 13.3. The van der Waals surface area contributed by atoms with Gasteiger partial charge >= 0.3 is 0 Å². The van der Waals surface area contributed by atoms with Gasteiger partial charge in [0.2, 0.25) is 5.91 Å². The molecule has 0 radical (unpaired) electrons. The van der Waals surface area contributed by atoms with Crippen LogP contribution in [0.5, 0.6) is 0 Å². The molecule has 0 spiro atoms. The molecule has 0 aromatic heterocycles. The fourth-order valence-electron chi connectivity index (χ4n) is 2.83. The molecule has 0 saturated carbocycles. The molecule has 0 aliphatic carbocycles. The number of hydrogen-bond acceptors (Lipinski definition) is 2. The van der Waals surface area contributed by atoms with Crippen molar-refractivity contribution in [2.75, 3.05) is 18.4 Å². The third kappa shape index (κ3) is 2.84. The number of hydrogen-bond donors (Lipinski definition) is 0. The molecule has 0 bridgehead atoms. The van der Waals surface area contributed by atoms with E-state index in [1.54, 1.807) is 11.8 Å². The summed E-state index contributed by atoms with van der Waals surface area (Å²) in [5, 5.41) is 1.18. The Morgan fingerprint density at radius 2 is 2.05 bits per heavy atom. The second-order valence-electron chi connectivity index (χ2n) is 5.34. The number of fused-ring (bicyclic) bond motifs is 1. The van der Waals surface area contributed by atoms with Crippen molar-refractivity contribution in [1.82, 2.24) is 4.90 Å². The van der Waals surface area contributed by atoms with E-state index < -0.39 is 0 Å². The lowest BCUT2D eigenvalue weighted by Gasteiger charge is -2.32. The molecule has 2 aliphatic heterocycles. The summed E-state index contributed by atoms with van der Waals surface area (Å²) in [6, 6.07) is 8.39. The van der Waals surface area contributed by atoms with Gasteiger partial charge in [0, 0.05) is 23.3 Å². The van der Waals surface area contributed by atoms with Gasteiger partial charge in [0.05, 0.1) is 5.25 Å². The first kappa shape index (κ1) is 13.5. The Labute approximate surface area is 127 Å². The number of nitrogens with zero attached hydrogens (tertiary/aromatic N) is 1. The van der Waals surface area contributed by atoms with Crippen LogP contribution in [0.4, 0.5) is 0 Å². The van der Waals surface area contributed by atoms with Crippen molar-refractivity contribution < 1.29 is 4.79 Å². The van der Waals surface area contributed by atoms with Crippen LogP contribution < -0.4 is 0 Å². The highest BCUT2D eigenvalue weighted by Gasteiger charge is 2.32. The van der Waals surface area contributed by atoms with Gasteiger partial charge in [0.25, 0.3) is 0 Å². The van der Waals surface area contributed by atoms with E-state index in [-0.39, 0.29) is 5.25 Å². The lowest BCUT2D eigenvalue weighted by atomic mass is 9.98. The molecule has 2 nitrogen and oxygen atoms in total. The minimum Gasteiger partial charge on any atom is -0.342 e. The number of rotatable bonds is 2. The summed E-state index contributed by atoms with van der Waals surface area (Å²) >= 11 is 5.29. The van der Waals surface area contributed by atoms with Gasteiger partial charge in [0.15, 0.2) is 0 Å². The van der Waals surface area contributed by atoms with Crippen molar-refractivity contribution in [3.63, 3.8) is 0 Å². The highest BCUT2D eigenvalue weighted by molar-refractivity contribution is 9.09. The van der Waals surface area contributed by atoms with Crippen molar-refractivity contribution in [2.24, 2.45) is 5.92 Å². The number of alkyl halides is 1. The van der Waals surface area contributed by atoms with E-state index in [0.717, 1.165) is 43.6 Å². The molecule has 1 amide bonds. The van der Waals surface area contributed by atoms with Gasteiger partial charge in [-0.15, -0.1) is 11.8 Å². The summed E-state index contributed by atoms with van der Waals surface area (Å²) in [7, 11) is 0. The summed E-state index contributed by atoms with van der Waals surface area (Å²) in [6.45, 7) is 1.87. The first-order chi connectivity index (χ1) is 9.28. The minimum absolute atomic E-state index is 0.109. The van der Waals surface area contributed by atoms with E-state index in [9.17, 15) is 4.79 Å². The van der Waals surface area contributed by atoms with Crippen LogP contribution in [0.25, 0.3) is 0 Å². The second-order valence-corrected chi connectivity index (χ2v) is 7.23. The van der Waals surface area contributed by atoms with Gasteiger partial charge in [0.1, 0.15) is 0 Å². The van der Waals surface area contributed by atoms with Gasteiger partial charge in [-0.1, -0.05) is 34.1 Å². The monoisotopic (exact) mass is 339 g/mol. The summed E-state index contributed by atoms with van der Waals surface area (Å²) in [6.07, 6.45) is 3.18. The smallest absolute Gasteiger partial charge is 0.236 e. The van der Waals surface area contributed by atoms with Crippen LogP contribution >= 0.6 is 27.7 Å². The fraction of sp³-hybridized carbons (Fsp3) is 0.533. The number of carbonyl (C=O) groups is 1. The Morgan fingerprint density at radius 3 is 2.74 bits per heavy atom. The van der Waals surface area contributed by atoms with Crippen molar-refractivity contribution in [3.8, 4) is 0 Å². The number of thioether (sulfide) groups is 1. The number of amides is 1. The SMILES string of the molecule is O=C(C1Cc2ccccc2S1)N1CCC(CBr)CC1. The number of piperidine rings is 1. The minimum atomic E-state index is 0.109. The molecule has 1 aromatic carbocycles. The Hall–Kier alpha value is -0.480. The molecule has 0 N–H and O–H groups in total. The molecule has 2 heterocycles. The topological polar surface area (TPSA) is 20.3 Å². The lowest BCUT2D eigenvalue weighted by Crippen LogP contribution is -2.43. The molecule has 1 unspecified atom stereocenters. The van der Waals surface area contributed by atoms with Crippen LogP contribution in [0.1, 0.15) is 18.4 Å². The van der Waals surface area contributed by atoms with Crippen molar-refractivity contribution >= 4 is 33.6 Å². The Morgan fingerprint density at radius 1 is 1.32 bits per heavy atom. The van der Waals surface area contributed by atoms with E-state index in [4.69, 9.17) is 0 Å². The van der Waals surface area contributed by atoms with Gasteiger partial charge in [-0.2, -0.15) is 0 Å². The van der Waals surface area contributed by atoms with Crippen molar-refractivity contribution in [3.05, 3.63) is 29.8 Å².